The van der Waals surface area contributed by atoms with Gasteiger partial charge in [0.25, 0.3) is 5.91 Å². The van der Waals surface area contributed by atoms with Gasteiger partial charge in [-0.2, -0.15) is 0 Å². The first-order valence-corrected chi connectivity index (χ1v) is 9.84. The maximum absolute atomic E-state index is 12.7. The highest BCUT2D eigenvalue weighted by Gasteiger charge is 2.33. The topological polar surface area (TPSA) is 70.1 Å². The second-order valence-electron chi connectivity index (χ2n) is 7.15. The Morgan fingerprint density at radius 1 is 1.21 bits per heavy atom. The van der Waals surface area contributed by atoms with Crippen molar-refractivity contribution in [1.29, 1.82) is 0 Å². The van der Waals surface area contributed by atoms with Gasteiger partial charge in [-0.1, -0.05) is 29.3 Å². The lowest BCUT2D eigenvalue weighted by Gasteiger charge is -2.36. The predicted molar refractivity (Wildman–Crippen MR) is 112 cm³/mol. The molecule has 1 atom stereocenters. The Bertz CT molecular complexity index is 962. The van der Waals surface area contributed by atoms with Crippen LogP contribution in [0, 0.1) is 0 Å². The van der Waals surface area contributed by atoms with Crippen molar-refractivity contribution in [2.75, 3.05) is 27.7 Å². The third-order valence-corrected chi connectivity index (χ3v) is 5.85. The molecule has 29 heavy (non-hydrogen) atoms. The molecule has 0 aliphatic carbocycles. The molecule has 2 aromatic rings. The molecule has 1 unspecified atom stereocenters. The number of ether oxygens (including phenoxy) is 1. The SMILES string of the molecule is COc1cc2c(cc1C(=O)N(C)C)C(Cc1ccc(Cl)c(Cl)c1)N(C(=O)O)CC2. The highest BCUT2D eigenvalue weighted by atomic mass is 35.5. The largest absolute Gasteiger partial charge is 0.496 e. The Morgan fingerprint density at radius 2 is 1.93 bits per heavy atom. The summed E-state index contributed by atoms with van der Waals surface area (Å²) < 4.78 is 5.43. The lowest BCUT2D eigenvalue weighted by molar-refractivity contribution is 0.0824. The summed E-state index contributed by atoms with van der Waals surface area (Å²) >= 11 is 12.2. The minimum absolute atomic E-state index is 0.203. The Labute approximate surface area is 179 Å². The van der Waals surface area contributed by atoms with Crippen molar-refractivity contribution in [3.8, 4) is 5.75 Å². The van der Waals surface area contributed by atoms with Gasteiger partial charge in [0, 0.05) is 20.6 Å². The Kier molecular flexibility index (Phi) is 6.24. The van der Waals surface area contributed by atoms with E-state index >= 15 is 0 Å². The van der Waals surface area contributed by atoms with E-state index in [-0.39, 0.29) is 5.91 Å². The number of nitrogens with zero attached hydrogens (tertiary/aromatic N) is 2. The number of carbonyl (C=O) groups excluding carboxylic acids is 1. The van der Waals surface area contributed by atoms with E-state index in [2.05, 4.69) is 0 Å². The third-order valence-electron chi connectivity index (χ3n) is 5.11. The lowest BCUT2D eigenvalue weighted by Crippen LogP contribution is -2.40. The maximum Gasteiger partial charge on any atom is 0.407 e. The van der Waals surface area contributed by atoms with Crippen molar-refractivity contribution >= 4 is 35.2 Å². The fourth-order valence-corrected chi connectivity index (χ4v) is 3.97. The van der Waals surface area contributed by atoms with Crippen molar-refractivity contribution in [3.63, 3.8) is 0 Å². The van der Waals surface area contributed by atoms with Gasteiger partial charge in [0.2, 0.25) is 0 Å². The van der Waals surface area contributed by atoms with Gasteiger partial charge >= 0.3 is 6.09 Å². The molecule has 0 aromatic heterocycles. The number of hydrogen-bond donors (Lipinski definition) is 1. The van der Waals surface area contributed by atoms with E-state index in [1.807, 2.05) is 12.1 Å². The van der Waals surface area contributed by atoms with Gasteiger partial charge < -0.3 is 19.6 Å². The van der Waals surface area contributed by atoms with E-state index in [1.54, 1.807) is 32.3 Å². The summed E-state index contributed by atoms with van der Waals surface area (Å²) in [4.78, 5) is 27.4. The molecule has 3 rings (SSSR count). The first kappa shape index (κ1) is 21.3. The van der Waals surface area contributed by atoms with Crippen LogP contribution in [0.3, 0.4) is 0 Å². The summed E-state index contributed by atoms with van der Waals surface area (Å²) in [5, 5.41) is 10.6. The monoisotopic (exact) mass is 436 g/mol. The molecule has 0 saturated heterocycles. The molecule has 1 aliphatic heterocycles. The van der Waals surface area contributed by atoms with Crippen LogP contribution in [-0.2, 0) is 12.8 Å². The maximum atomic E-state index is 12.7. The van der Waals surface area contributed by atoms with Crippen LogP contribution in [0.5, 0.6) is 5.75 Å². The van der Waals surface area contributed by atoms with Crippen LogP contribution in [0.15, 0.2) is 30.3 Å². The molecular weight excluding hydrogens is 415 g/mol. The molecule has 0 radical (unpaired) electrons. The number of fused-ring (bicyclic) bond motifs is 1. The number of carbonyl (C=O) groups is 2. The van der Waals surface area contributed by atoms with Gasteiger partial charge in [-0.05, 0) is 53.8 Å². The van der Waals surface area contributed by atoms with Gasteiger partial charge in [-0.3, -0.25) is 4.79 Å². The molecule has 0 spiro atoms. The molecule has 0 fully saturated rings. The van der Waals surface area contributed by atoms with Crippen LogP contribution < -0.4 is 4.74 Å². The number of carboxylic acid groups (broad SMARTS) is 1. The summed E-state index contributed by atoms with van der Waals surface area (Å²) in [5.74, 6) is 0.282. The fourth-order valence-electron chi connectivity index (χ4n) is 3.65. The number of rotatable bonds is 4. The molecule has 2 amide bonds. The van der Waals surface area contributed by atoms with Crippen LogP contribution in [0.2, 0.25) is 10.0 Å². The number of amides is 2. The second kappa shape index (κ2) is 8.51. The minimum Gasteiger partial charge on any atom is -0.496 e. The molecule has 1 aliphatic rings. The van der Waals surface area contributed by atoms with Crippen LogP contribution in [0.25, 0.3) is 0 Å². The number of halogens is 2. The zero-order valence-electron chi connectivity index (χ0n) is 16.4. The number of methoxy groups -OCH3 is 1. The van der Waals surface area contributed by atoms with E-state index < -0.39 is 12.1 Å². The molecule has 1 heterocycles. The summed E-state index contributed by atoms with van der Waals surface area (Å²) in [6.07, 6.45) is -0.0401. The van der Waals surface area contributed by atoms with Crippen LogP contribution in [0.1, 0.15) is 33.1 Å². The fraction of sp³-hybridized carbons (Fsp3) is 0.333. The van der Waals surface area contributed by atoms with Gasteiger partial charge in [0.15, 0.2) is 0 Å². The van der Waals surface area contributed by atoms with Gasteiger partial charge in [-0.15, -0.1) is 0 Å². The van der Waals surface area contributed by atoms with E-state index in [0.717, 1.165) is 16.7 Å². The summed E-state index contributed by atoms with van der Waals surface area (Å²) in [6, 6.07) is 8.42. The third kappa shape index (κ3) is 4.28. The highest BCUT2D eigenvalue weighted by Crippen LogP contribution is 2.37. The number of hydrogen-bond acceptors (Lipinski definition) is 3. The average Bonchev–Trinajstić information content (AvgIpc) is 2.69. The van der Waals surface area contributed by atoms with Crippen LogP contribution >= 0.6 is 23.2 Å². The second-order valence-corrected chi connectivity index (χ2v) is 7.96. The predicted octanol–water partition coefficient (Wildman–Crippen LogP) is 4.52. The zero-order valence-corrected chi connectivity index (χ0v) is 17.9. The summed E-state index contributed by atoms with van der Waals surface area (Å²) in [6.45, 7) is 0.360. The van der Waals surface area contributed by atoms with Gasteiger partial charge in [0.1, 0.15) is 5.75 Å². The van der Waals surface area contributed by atoms with E-state index in [9.17, 15) is 14.7 Å². The molecule has 8 heteroatoms. The Hall–Kier alpha value is -2.44. The minimum atomic E-state index is -1.00. The standard InChI is InChI=1S/C21H22Cl2N2O4/c1-24(2)20(26)15-11-14-13(10-19(15)29-3)6-7-25(21(27)28)18(14)9-12-4-5-16(22)17(23)8-12/h4-5,8,10-11,18H,6-7,9H2,1-3H3,(H,27,28). The van der Waals surface area contributed by atoms with Crippen molar-refractivity contribution in [1.82, 2.24) is 9.80 Å². The highest BCUT2D eigenvalue weighted by molar-refractivity contribution is 6.42. The van der Waals surface area contributed by atoms with Crippen LogP contribution in [0.4, 0.5) is 4.79 Å². The quantitative estimate of drug-likeness (QED) is 0.764. The molecule has 0 saturated carbocycles. The molecule has 6 nitrogen and oxygen atoms in total. The lowest BCUT2D eigenvalue weighted by atomic mass is 9.87. The number of benzene rings is 2. The van der Waals surface area contributed by atoms with E-state index in [1.165, 1.54) is 16.9 Å². The van der Waals surface area contributed by atoms with Crippen molar-refractivity contribution in [2.24, 2.45) is 0 Å². The van der Waals surface area contributed by atoms with Crippen LogP contribution in [-0.4, -0.2) is 54.7 Å². The van der Waals surface area contributed by atoms with Gasteiger partial charge in [-0.25, -0.2) is 4.79 Å². The Balaban J connectivity index is 2.10. The van der Waals surface area contributed by atoms with E-state index in [4.69, 9.17) is 27.9 Å². The van der Waals surface area contributed by atoms with Crippen molar-refractivity contribution < 1.29 is 19.4 Å². The molecular formula is C21H22Cl2N2O4. The zero-order chi connectivity index (χ0) is 21.3. The molecule has 1 N–H and O–H groups in total. The molecule has 0 bridgehead atoms. The smallest absolute Gasteiger partial charge is 0.407 e. The summed E-state index contributed by atoms with van der Waals surface area (Å²) in [5.41, 5.74) is 3.04. The van der Waals surface area contributed by atoms with Gasteiger partial charge in [0.05, 0.1) is 28.8 Å². The van der Waals surface area contributed by atoms with Crippen molar-refractivity contribution in [2.45, 2.75) is 18.9 Å². The normalized spacial score (nSPS) is 15.6. The average molecular weight is 437 g/mol. The van der Waals surface area contributed by atoms with E-state index in [0.29, 0.717) is 40.7 Å². The first-order valence-electron chi connectivity index (χ1n) is 9.09. The molecule has 154 valence electrons. The van der Waals surface area contributed by atoms with Crippen molar-refractivity contribution in [3.05, 3.63) is 62.6 Å². The Morgan fingerprint density at radius 3 is 2.52 bits per heavy atom. The molecule has 2 aromatic carbocycles. The first-order chi connectivity index (χ1) is 13.7. The summed E-state index contributed by atoms with van der Waals surface area (Å²) in [7, 11) is 4.85.